The molecule has 0 atom stereocenters. The van der Waals surface area contributed by atoms with Crippen molar-refractivity contribution in [2.75, 3.05) is 33.4 Å². The van der Waals surface area contributed by atoms with Gasteiger partial charge in [-0.1, -0.05) is 15.9 Å². The fraction of sp³-hybridized carbons (Fsp3) is 0.533. The number of hydrogen-bond donors (Lipinski definition) is 2. The van der Waals surface area contributed by atoms with Crippen LogP contribution in [0.25, 0.3) is 0 Å². The first-order valence-corrected chi connectivity index (χ1v) is 7.77. The highest BCUT2D eigenvalue weighted by Crippen LogP contribution is 2.22. The highest BCUT2D eigenvalue weighted by atomic mass is 79.9. The molecule has 0 radical (unpaired) electrons. The first kappa shape index (κ1) is 21.2. The minimum atomic E-state index is -0.113. The van der Waals surface area contributed by atoms with Crippen molar-refractivity contribution in [3.05, 3.63) is 28.2 Å². The van der Waals surface area contributed by atoms with Crippen LogP contribution in [0.3, 0.4) is 0 Å². The second-order valence-corrected chi connectivity index (χ2v) is 5.76. The number of ether oxygens (including phenoxy) is 2. The van der Waals surface area contributed by atoms with Crippen LogP contribution >= 0.6 is 28.3 Å². The molecule has 0 spiro atoms. The molecule has 22 heavy (non-hydrogen) atoms. The van der Waals surface area contributed by atoms with E-state index in [-0.39, 0.29) is 24.4 Å². The van der Waals surface area contributed by atoms with E-state index in [0.29, 0.717) is 31.0 Å². The third-order valence-electron chi connectivity index (χ3n) is 2.58. The predicted octanol–water partition coefficient (Wildman–Crippen LogP) is 2.62. The van der Waals surface area contributed by atoms with Crippen molar-refractivity contribution in [3.8, 4) is 5.75 Å². The summed E-state index contributed by atoms with van der Waals surface area (Å²) in [6.07, 6.45) is 0.0696. The smallest absolute Gasteiger partial charge is 0.251 e. The number of amides is 1. The average molecular weight is 396 g/mol. The van der Waals surface area contributed by atoms with E-state index in [1.807, 2.05) is 19.9 Å². The van der Waals surface area contributed by atoms with Crippen molar-refractivity contribution in [3.63, 3.8) is 0 Å². The maximum Gasteiger partial charge on any atom is 0.251 e. The Bertz CT molecular complexity index is 458. The Labute approximate surface area is 146 Å². The van der Waals surface area contributed by atoms with E-state index in [9.17, 15) is 4.79 Å². The van der Waals surface area contributed by atoms with Crippen LogP contribution in [0.4, 0.5) is 0 Å². The van der Waals surface area contributed by atoms with Gasteiger partial charge in [0, 0.05) is 36.8 Å². The Balaban J connectivity index is 0.00000441. The van der Waals surface area contributed by atoms with Gasteiger partial charge in [0.1, 0.15) is 5.75 Å². The van der Waals surface area contributed by atoms with E-state index in [1.54, 1.807) is 19.2 Å². The highest BCUT2D eigenvalue weighted by molar-refractivity contribution is 9.10. The quantitative estimate of drug-likeness (QED) is 0.631. The van der Waals surface area contributed by atoms with Crippen LogP contribution in [0.1, 0.15) is 24.2 Å². The van der Waals surface area contributed by atoms with Crippen LogP contribution < -0.4 is 15.4 Å². The largest absolute Gasteiger partial charge is 0.491 e. The van der Waals surface area contributed by atoms with Gasteiger partial charge in [-0.3, -0.25) is 4.79 Å². The van der Waals surface area contributed by atoms with Gasteiger partial charge in [-0.25, -0.2) is 0 Å². The van der Waals surface area contributed by atoms with E-state index < -0.39 is 0 Å². The minimum Gasteiger partial charge on any atom is -0.491 e. The van der Waals surface area contributed by atoms with Crippen molar-refractivity contribution >= 4 is 34.2 Å². The number of nitrogens with one attached hydrogen (secondary N) is 2. The van der Waals surface area contributed by atoms with Crippen LogP contribution in [-0.2, 0) is 4.74 Å². The summed E-state index contributed by atoms with van der Waals surface area (Å²) in [5.74, 6) is 0.571. The molecule has 0 heterocycles. The molecule has 1 aromatic carbocycles. The lowest BCUT2D eigenvalue weighted by atomic mass is 10.2. The van der Waals surface area contributed by atoms with Crippen LogP contribution in [0.5, 0.6) is 5.75 Å². The number of benzene rings is 1. The highest BCUT2D eigenvalue weighted by Gasteiger charge is 2.09. The first-order chi connectivity index (χ1) is 10.0. The van der Waals surface area contributed by atoms with Gasteiger partial charge >= 0.3 is 0 Å². The molecule has 0 unspecified atom stereocenters. The minimum absolute atomic E-state index is 0. The molecule has 7 heteroatoms. The van der Waals surface area contributed by atoms with Crippen molar-refractivity contribution in [1.82, 2.24) is 10.6 Å². The number of carbonyl (C=O) groups excluding carboxylic acids is 1. The molecule has 0 aromatic heterocycles. The fourth-order valence-electron chi connectivity index (χ4n) is 1.70. The van der Waals surface area contributed by atoms with Crippen molar-refractivity contribution < 1.29 is 14.3 Å². The van der Waals surface area contributed by atoms with Crippen molar-refractivity contribution in [2.24, 2.45) is 0 Å². The Morgan fingerprint density at radius 1 is 1.23 bits per heavy atom. The summed E-state index contributed by atoms with van der Waals surface area (Å²) in [6, 6.07) is 5.38. The zero-order chi connectivity index (χ0) is 15.7. The summed E-state index contributed by atoms with van der Waals surface area (Å²) in [5.41, 5.74) is 0.580. The Morgan fingerprint density at radius 2 is 1.95 bits per heavy atom. The molecule has 2 N–H and O–H groups in total. The molecule has 0 aliphatic carbocycles. The van der Waals surface area contributed by atoms with Gasteiger partial charge in [0.2, 0.25) is 0 Å². The van der Waals surface area contributed by atoms with Crippen molar-refractivity contribution in [2.45, 2.75) is 20.0 Å². The van der Waals surface area contributed by atoms with Gasteiger partial charge in [-0.05, 0) is 32.0 Å². The van der Waals surface area contributed by atoms with E-state index in [4.69, 9.17) is 9.47 Å². The van der Waals surface area contributed by atoms with E-state index in [2.05, 4.69) is 26.6 Å². The van der Waals surface area contributed by atoms with E-state index in [0.717, 1.165) is 11.0 Å². The average Bonchev–Trinajstić information content (AvgIpc) is 2.41. The molecule has 0 fully saturated rings. The summed E-state index contributed by atoms with van der Waals surface area (Å²) >= 11 is 3.40. The molecule has 126 valence electrons. The normalized spacial score (nSPS) is 10.2. The summed E-state index contributed by atoms with van der Waals surface area (Å²) in [4.78, 5) is 12.1. The molecule has 1 aromatic rings. The Hall–Kier alpha value is -0.820. The molecule has 0 aliphatic rings. The lowest BCUT2D eigenvalue weighted by Crippen LogP contribution is -2.33. The summed E-state index contributed by atoms with van der Waals surface area (Å²) in [5, 5.41) is 6.03. The SMILES string of the molecule is COCCNCCNC(=O)c1cc(Br)cc(OC(C)C)c1.Cl. The molecule has 0 saturated carbocycles. The molecular weight excluding hydrogens is 372 g/mol. The van der Waals surface area contributed by atoms with Crippen LogP contribution in [-0.4, -0.2) is 45.4 Å². The van der Waals surface area contributed by atoms with Crippen LogP contribution in [0.2, 0.25) is 0 Å². The molecule has 5 nitrogen and oxygen atoms in total. The van der Waals surface area contributed by atoms with Crippen LogP contribution in [0, 0.1) is 0 Å². The topological polar surface area (TPSA) is 59.6 Å². The number of carbonyl (C=O) groups is 1. The summed E-state index contributed by atoms with van der Waals surface area (Å²) < 4.78 is 11.4. The van der Waals surface area contributed by atoms with Gasteiger partial charge in [-0.15, -0.1) is 12.4 Å². The van der Waals surface area contributed by atoms with E-state index in [1.165, 1.54) is 0 Å². The lowest BCUT2D eigenvalue weighted by Gasteiger charge is -2.12. The lowest BCUT2D eigenvalue weighted by molar-refractivity contribution is 0.0953. The maximum absolute atomic E-state index is 12.1. The summed E-state index contributed by atoms with van der Waals surface area (Å²) in [7, 11) is 1.66. The van der Waals surface area contributed by atoms with Gasteiger partial charge in [-0.2, -0.15) is 0 Å². The fourth-order valence-corrected chi connectivity index (χ4v) is 2.17. The summed E-state index contributed by atoms with van der Waals surface area (Å²) in [6.45, 7) is 6.61. The Morgan fingerprint density at radius 3 is 2.59 bits per heavy atom. The third-order valence-corrected chi connectivity index (χ3v) is 3.03. The third kappa shape index (κ3) is 8.58. The maximum atomic E-state index is 12.1. The van der Waals surface area contributed by atoms with Gasteiger partial charge < -0.3 is 20.1 Å². The second-order valence-electron chi connectivity index (χ2n) is 4.84. The molecule has 0 aliphatic heterocycles. The van der Waals surface area contributed by atoms with Crippen LogP contribution in [0.15, 0.2) is 22.7 Å². The molecular formula is C15H24BrClN2O3. The molecule has 1 rings (SSSR count). The van der Waals surface area contributed by atoms with Gasteiger partial charge in [0.05, 0.1) is 12.7 Å². The number of methoxy groups -OCH3 is 1. The van der Waals surface area contributed by atoms with Gasteiger partial charge in [0.25, 0.3) is 5.91 Å². The molecule has 1 amide bonds. The molecule has 0 saturated heterocycles. The number of rotatable bonds is 9. The first-order valence-electron chi connectivity index (χ1n) is 6.98. The Kier molecular flexibility index (Phi) is 11.3. The van der Waals surface area contributed by atoms with Gasteiger partial charge in [0.15, 0.2) is 0 Å². The second kappa shape index (κ2) is 11.7. The standard InChI is InChI=1S/C15H23BrN2O3.ClH/c1-11(2)21-14-9-12(8-13(16)10-14)15(19)18-5-4-17-6-7-20-3;/h8-11,17H,4-7H2,1-3H3,(H,18,19);1H. The zero-order valence-electron chi connectivity index (χ0n) is 13.1. The zero-order valence-corrected chi connectivity index (χ0v) is 15.6. The predicted molar refractivity (Wildman–Crippen MR) is 94.2 cm³/mol. The monoisotopic (exact) mass is 394 g/mol. The van der Waals surface area contributed by atoms with Crippen molar-refractivity contribution in [1.29, 1.82) is 0 Å². The van der Waals surface area contributed by atoms with E-state index >= 15 is 0 Å². The molecule has 0 bridgehead atoms. The number of hydrogen-bond acceptors (Lipinski definition) is 4. The number of halogens is 2.